The number of furan rings is 1. The van der Waals surface area contributed by atoms with Crippen LogP contribution < -0.4 is 0 Å². The molecular weight excluding hydrogens is 282 g/mol. The summed E-state index contributed by atoms with van der Waals surface area (Å²) in [6.45, 7) is 6.97. The average Bonchev–Trinajstić information content (AvgIpc) is 2.95. The summed E-state index contributed by atoms with van der Waals surface area (Å²) in [5.41, 5.74) is -0.946. The molecule has 0 aromatic carbocycles. The second kappa shape index (κ2) is 6.48. The summed E-state index contributed by atoms with van der Waals surface area (Å²) in [6, 6.07) is 8.09. The van der Waals surface area contributed by atoms with Crippen molar-refractivity contribution in [1.82, 2.24) is 4.90 Å². The van der Waals surface area contributed by atoms with E-state index in [4.69, 9.17) is 4.42 Å². The summed E-state index contributed by atoms with van der Waals surface area (Å²) in [7, 11) is 2.07. The Morgan fingerprint density at radius 3 is 2.62 bits per heavy atom. The predicted octanol–water partition coefficient (Wildman–Crippen LogP) is 3.40. The van der Waals surface area contributed by atoms with Gasteiger partial charge in [0.15, 0.2) is 0 Å². The van der Waals surface area contributed by atoms with Crippen LogP contribution >= 0.6 is 11.3 Å². The molecule has 0 bridgehead atoms. The third kappa shape index (κ3) is 5.39. The second-order valence-corrected chi connectivity index (χ2v) is 6.93. The summed E-state index contributed by atoms with van der Waals surface area (Å²) < 4.78 is 5.58. The molecule has 0 spiro atoms. The number of hydrogen-bond donors (Lipinski definition) is 1. The van der Waals surface area contributed by atoms with E-state index in [0.29, 0.717) is 0 Å². The van der Waals surface area contributed by atoms with Gasteiger partial charge in [-0.1, -0.05) is 11.8 Å². The molecule has 0 saturated carbocycles. The molecule has 0 amide bonds. The normalized spacial score (nSPS) is 11.5. The zero-order valence-electron chi connectivity index (χ0n) is 12.9. The monoisotopic (exact) mass is 303 g/mol. The van der Waals surface area contributed by atoms with Crippen LogP contribution in [0.15, 0.2) is 28.7 Å². The van der Waals surface area contributed by atoms with Gasteiger partial charge in [0.2, 0.25) is 0 Å². The van der Waals surface area contributed by atoms with Gasteiger partial charge in [-0.05, 0) is 52.1 Å². The van der Waals surface area contributed by atoms with Crippen LogP contribution in [0.25, 0.3) is 0 Å². The second-order valence-electron chi connectivity index (χ2n) is 5.76. The molecule has 0 saturated heterocycles. The molecule has 4 heteroatoms. The van der Waals surface area contributed by atoms with Crippen molar-refractivity contribution in [2.45, 2.75) is 39.5 Å². The first-order valence-electron chi connectivity index (χ1n) is 6.90. The highest BCUT2D eigenvalue weighted by Crippen LogP contribution is 2.18. The van der Waals surface area contributed by atoms with E-state index < -0.39 is 5.60 Å². The van der Waals surface area contributed by atoms with Crippen molar-refractivity contribution < 1.29 is 9.52 Å². The van der Waals surface area contributed by atoms with E-state index in [1.165, 1.54) is 4.88 Å². The van der Waals surface area contributed by atoms with Gasteiger partial charge in [0.25, 0.3) is 0 Å². The maximum Gasteiger partial charge on any atom is 0.120 e. The summed E-state index contributed by atoms with van der Waals surface area (Å²) in [5.74, 6) is 7.77. The van der Waals surface area contributed by atoms with Crippen LogP contribution in [0, 0.1) is 18.8 Å². The standard InChI is InChI=1S/C17H21NO2S/c1-13-5-6-14(20-13)11-18(4)12-16-8-7-15(21-16)9-10-17(2,3)19/h5-8,19H,11-12H2,1-4H3. The lowest BCUT2D eigenvalue weighted by atomic mass is 10.1. The molecular formula is C17H21NO2S. The third-order valence-electron chi connectivity index (χ3n) is 2.80. The molecule has 0 unspecified atom stereocenters. The Morgan fingerprint density at radius 1 is 1.24 bits per heavy atom. The molecule has 2 aromatic rings. The smallest absolute Gasteiger partial charge is 0.120 e. The van der Waals surface area contributed by atoms with E-state index in [1.807, 2.05) is 25.1 Å². The van der Waals surface area contributed by atoms with Crippen molar-refractivity contribution in [3.8, 4) is 11.8 Å². The highest BCUT2D eigenvalue weighted by molar-refractivity contribution is 7.12. The topological polar surface area (TPSA) is 36.6 Å². The molecule has 0 radical (unpaired) electrons. The lowest BCUT2D eigenvalue weighted by molar-refractivity contribution is 0.143. The molecule has 1 N–H and O–H groups in total. The number of thiophene rings is 1. The summed E-state index contributed by atoms with van der Waals surface area (Å²) in [4.78, 5) is 4.44. The van der Waals surface area contributed by atoms with Crippen LogP contribution in [0.4, 0.5) is 0 Å². The lowest BCUT2D eigenvalue weighted by Crippen LogP contribution is -2.16. The third-order valence-corrected chi connectivity index (χ3v) is 3.79. The SMILES string of the molecule is Cc1ccc(CN(C)Cc2ccc(C#CC(C)(C)O)s2)o1. The largest absolute Gasteiger partial charge is 0.465 e. The van der Waals surface area contributed by atoms with E-state index in [9.17, 15) is 5.11 Å². The van der Waals surface area contributed by atoms with E-state index in [0.717, 1.165) is 29.5 Å². The van der Waals surface area contributed by atoms with E-state index >= 15 is 0 Å². The van der Waals surface area contributed by atoms with Crippen molar-refractivity contribution in [3.05, 3.63) is 45.5 Å². The minimum Gasteiger partial charge on any atom is -0.465 e. The fraction of sp³-hybridized carbons (Fsp3) is 0.412. The number of hydrogen-bond acceptors (Lipinski definition) is 4. The average molecular weight is 303 g/mol. The molecule has 0 aliphatic rings. The Morgan fingerprint density at radius 2 is 2.00 bits per heavy atom. The molecule has 3 nitrogen and oxygen atoms in total. The fourth-order valence-electron chi connectivity index (χ4n) is 1.90. The number of rotatable bonds is 4. The molecule has 2 heterocycles. The first kappa shape index (κ1) is 15.8. The van der Waals surface area contributed by atoms with Crippen molar-refractivity contribution in [1.29, 1.82) is 0 Å². The Labute approximate surface area is 130 Å². The predicted molar refractivity (Wildman–Crippen MR) is 86.1 cm³/mol. The van der Waals surface area contributed by atoms with Crippen LogP contribution in [0.1, 0.15) is 35.1 Å². The quantitative estimate of drug-likeness (QED) is 0.880. The van der Waals surface area contributed by atoms with Gasteiger partial charge in [-0.15, -0.1) is 11.3 Å². The van der Waals surface area contributed by atoms with Gasteiger partial charge in [0.05, 0.1) is 11.4 Å². The van der Waals surface area contributed by atoms with Gasteiger partial charge in [-0.3, -0.25) is 4.90 Å². The van der Waals surface area contributed by atoms with Crippen molar-refractivity contribution in [3.63, 3.8) is 0 Å². The van der Waals surface area contributed by atoms with Crippen molar-refractivity contribution >= 4 is 11.3 Å². The Balaban J connectivity index is 1.94. The van der Waals surface area contributed by atoms with E-state index in [-0.39, 0.29) is 0 Å². The maximum absolute atomic E-state index is 9.61. The summed E-state index contributed by atoms with van der Waals surface area (Å²) in [6.07, 6.45) is 0. The maximum atomic E-state index is 9.61. The van der Waals surface area contributed by atoms with Crippen LogP contribution in [0.5, 0.6) is 0 Å². The van der Waals surface area contributed by atoms with E-state index in [2.05, 4.69) is 29.9 Å². The molecule has 0 aliphatic heterocycles. The van der Waals surface area contributed by atoms with Crippen molar-refractivity contribution in [2.75, 3.05) is 7.05 Å². The molecule has 112 valence electrons. The van der Waals surface area contributed by atoms with Crippen LogP contribution in [-0.2, 0) is 13.1 Å². The van der Waals surface area contributed by atoms with E-state index in [1.54, 1.807) is 25.2 Å². The van der Waals surface area contributed by atoms with Gasteiger partial charge >= 0.3 is 0 Å². The van der Waals surface area contributed by atoms with Crippen LogP contribution in [0.3, 0.4) is 0 Å². The number of aryl methyl sites for hydroxylation is 1. The number of nitrogens with zero attached hydrogens (tertiary/aromatic N) is 1. The summed E-state index contributed by atoms with van der Waals surface area (Å²) >= 11 is 1.66. The van der Waals surface area contributed by atoms with Gasteiger partial charge in [0, 0.05) is 11.4 Å². The van der Waals surface area contributed by atoms with Crippen LogP contribution in [0.2, 0.25) is 0 Å². The van der Waals surface area contributed by atoms with Crippen molar-refractivity contribution in [2.24, 2.45) is 0 Å². The summed E-state index contributed by atoms with van der Waals surface area (Å²) in [5, 5.41) is 9.61. The minimum atomic E-state index is -0.946. The van der Waals surface area contributed by atoms with Crippen LogP contribution in [-0.4, -0.2) is 22.7 Å². The molecule has 2 rings (SSSR count). The van der Waals surface area contributed by atoms with Gasteiger partial charge in [-0.2, -0.15) is 0 Å². The molecule has 0 fully saturated rings. The Kier molecular flexibility index (Phi) is 4.89. The number of aliphatic hydroxyl groups is 1. The van der Waals surface area contributed by atoms with Gasteiger partial charge < -0.3 is 9.52 Å². The lowest BCUT2D eigenvalue weighted by Gasteiger charge is -2.13. The Bertz CT molecular complexity index is 652. The molecule has 2 aromatic heterocycles. The first-order chi connectivity index (χ1) is 9.82. The zero-order valence-corrected chi connectivity index (χ0v) is 13.8. The first-order valence-corrected chi connectivity index (χ1v) is 7.71. The van der Waals surface area contributed by atoms with Gasteiger partial charge in [-0.25, -0.2) is 0 Å². The zero-order chi connectivity index (χ0) is 15.5. The molecule has 0 aliphatic carbocycles. The highest BCUT2D eigenvalue weighted by Gasteiger charge is 2.08. The van der Waals surface area contributed by atoms with Gasteiger partial charge in [0.1, 0.15) is 17.1 Å². The fourth-order valence-corrected chi connectivity index (χ4v) is 2.84. The highest BCUT2D eigenvalue weighted by atomic mass is 32.1. The Hall–Kier alpha value is -1.54. The molecule has 21 heavy (non-hydrogen) atoms. The molecule has 0 atom stereocenters. The minimum absolute atomic E-state index is 0.788.